The van der Waals surface area contributed by atoms with Crippen LogP contribution in [0.3, 0.4) is 0 Å². The molecule has 0 fully saturated rings. The summed E-state index contributed by atoms with van der Waals surface area (Å²) in [7, 11) is 0. The van der Waals surface area contributed by atoms with Crippen molar-refractivity contribution < 1.29 is 0 Å². The van der Waals surface area contributed by atoms with Crippen molar-refractivity contribution in [3.63, 3.8) is 0 Å². The van der Waals surface area contributed by atoms with Gasteiger partial charge in [-0.3, -0.25) is 14.4 Å². The number of aromatic nitrogens is 4. The highest BCUT2D eigenvalue weighted by Crippen LogP contribution is 2.19. The lowest BCUT2D eigenvalue weighted by Gasteiger charge is -2.27. The van der Waals surface area contributed by atoms with Gasteiger partial charge in [0.1, 0.15) is 5.82 Å². The SMILES string of the molecule is CCCn1ncc(CN2CCc3nc(C(C)C)[nH]c(=O)c3C2)c1C. The van der Waals surface area contributed by atoms with Gasteiger partial charge < -0.3 is 4.98 Å². The number of H-pyrrole nitrogens is 1. The van der Waals surface area contributed by atoms with Gasteiger partial charge in [0, 0.05) is 49.8 Å². The van der Waals surface area contributed by atoms with Crippen LogP contribution in [0.25, 0.3) is 0 Å². The average molecular weight is 329 g/mol. The van der Waals surface area contributed by atoms with Gasteiger partial charge in [-0.05, 0) is 13.3 Å². The minimum absolute atomic E-state index is 0.0202. The van der Waals surface area contributed by atoms with Crippen molar-refractivity contribution >= 4 is 0 Å². The van der Waals surface area contributed by atoms with Gasteiger partial charge in [0.2, 0.25) is 0 Å². The highest BCUT2D eigenvalue weighted by atomic mass is 16.1. The molecule has 1 aliphatic rings. The highest BCUT2D eigenvalue weighted by molar-refractivity contribution is 5.23. The Morgan fingerprint density at radius 3 is 2.88 bits per heavy atom. The molecule has 3 rings (SSSR count). The van der Waals surface area contributed by atoms with E-state index in [0.29, 0.717) is 6.54 Å². The van der Waals surface area contributed by atoms with E-state index in [9.17, 15) is 4.79 Å². The zero-order valence-corrected chi connectivity index (χ0v) is 15.1. The summed E-state index contributed by atoms with van der Waals surface area (Å²) >= 11 is 0. The lowest BCUT2D eigenvalue weighted by molar-refractivity contribution is 0.240. The summed E-state index contributed by atoms with van der Waals surface area (Å²) in [5, 5.41) is 4.47. The molecule has 0 saturated carbocycles. The van der Waals surface area contributed by atoms with E-state index >= 15 is 0 Å². The molecule has 0 unspecified atom stereocenters. The van der Waals surface area contributed by atoms with Gasteiger partial charge in [0.15, 0.2) is 0 Å². The molecule has 0 atom stereocenters. The summed E-state index contributed by atoms with van der Waals surface area (Å²) in [6, 6.07) is 0. The van der Waals surface area contributed by atoms with Crippen molar-refractivity contribution in [2.24, 2.45) is 0 Å². The molecule has 1 N–H and O–H groups in total. The minimum atomic E-state index is 0.0202. The predicted octanol–water partition coefficient (Wildman–Crippen LogP) is 2.37. The first-order valence-electron chi connectivity index (χ1n) is 8.85. The molecule has 0 saturated heterocycles. The van der Waals surface area contributed by atoms with Gasteiger partial charge in [-0.2, -0.15) is 5.10 Å². The van der Waals surface area contributed by atoms with E-state index in [-0.39, 0.29) is 11.5 Å². The second-order valence-electron chi connectivity index (χ2n) is 6.97. The van der Waals surface area contributed by atoms with Crippen LogP contribution in [0.15, 0.2) is 11.0 Å². The fourth-order valence-electron chi connectivity index (χ4n) is 3.23. The molecule has 0 radical (unpaired) electrons. The summed E-state index contributed by atoms with van der Waals surface area (Å²) in [4.78, 5) is 22.3. The molecule has 0 aliphatic carbocycles. The molecule has 3 heterocycles. The van der Waals surface area contributed by atoms with E-state index in [1.807, 2.05) is 6.20 Å². The summed E-state index contributed by atoms with van der Waals surface area (Å²) in [6.45, 7) is 11.8. The number of aromatic amines is 1. The fraction of sp³-hybridized carbons (Fsp3) is 0.611. The Labute approximate surface area is 142 Å². The smallest absolute Gasteiger partial charge is 0.255 e. The lowest BCUT2D eigenvalue weighted by atomic mass is 10.1. The standard InChI is InChI=1S/C18H27N5O/c1-5-7-23-13(4)14(9-19-23)10-22-8-6-16-15(11-22)18(24)21-17(20-16)12(2)3/h9,12H,5-8,10-11H2,1-4H3,(H,20,21,24). The van der Waals surface area contributed by atoms with Crippen LogP contribution in [0.4, 0.5) is 0 Å². The number of hydrogen-bond donors (Lipinski definition) is 1. The Balaban J connectivity index is 1.77. The van der Waals surface area contributed by atoms with Crippen LogP contribution in [0.1, 0.15) is 61.4 Å². The first-order valence-corrected chi connectivity index (χ1v) is 8.85. The van der Waals surface area contributed by atoms with Gasteiger partial charge in [0.25, 0.3) is 5.56 Å². The molecule has 24 heavy (non-hydrogen) atoms. The third kappa shape index (κ3) is 3.29. The van der Waals surface area contributed by atoms with Gasteiger partial charge >= 0.3 is 0 Å². The molecule has 2 aromatic rings. The number of nitrogens with zero attached hydrogens (tertiary/aromatic N) is 4. The normalized spacial score (nSPS) is 15.0. The second-order valence-corrected chi connectivity index (χ2v) is 6.97. The number of aryl methyl sites for hydroxylation is 1. The van der Waals surface area contributed by atoms with Crippen LogP contribution in [0.2, 0.25) is 0 Å². The number of rotatable bonds is 5. The quantitative estimate of drug-likeness (QED) is 0.914. The second kappa shape index (κ2) is 6.89. The Hall–Kier alpha value is -1.95. The van der Waals surface area contributed by atoms with Gasteiger partial charge in [-0.15, -0.1) is 0 Å². The maximum absolute atomic E-state index is 12.4. The first-order chi connectivity index (χ1) is 11.5. The molecule has 0 aromatic carbocycles. The number of hydrogen-bond acceptors (Lipinski definition) is 4. The third-order valence-corrected chi connectivity index (χ3v) is 4.75. The van der Waals surface area contributed by atoms with E-state index in [2.05, 4.69) is 52.3 Å². The summed E-state index contributed by atoms with van der Waals surface area (Å²) < 4.78 is 2.07. The zero-order valence-electron chi connectivity index (χ0n) is 15.1. The lowest BCUT2D eigenvalue weighted by Crippen LogP contribution is -2.36. The molecule has 0 bridgehead atoms. The van der Waals surface area contributed by atoms with Gasteiger partial charge in [-0.1, -0.05) is 20.8 Å². The molecule has 6 heteroatoms. The molecule has 2 aromatic heterocycles. The Kier molecular flexibility index (Phi) is 4.85. The zero-order chi connectivity index (χ0) is 17.3. The maximum atomic E-state index is 12.4. The molecular formula is C18H27N5O. The van der Waals surface area contributed by atoms with Crippen LogP contribution in [0, 0.1) is 6.92 Å². The largest absolute Gasteiger partial charge is 0.310 e. The van der Waals surface area contributed by atoms with Crippen molar-refractivity contribution in [3.05, 3.63) is 44.9 Å². The van der Waals surface area contributed by atoms with Crippen LogP contribution in [0.5, 0.6) is 0 Å². The Morgan fingerprint density at radius 1 is 1.38 bits per heavy atom. The van der Waals surface area contributed by atoms with Crippen molar-refractivity contribution in [3.8, 4) is 0 Å². The Bertz CT molecular complexity index is 774. The van der Waals surface area contributed by atoms with E-state index in [1.54, 1.807) is 0 Å². The van der Waals surface area contributed by atoms with Crippen LogP contribution in [-0.4, -0.2) is 31.2 Å². The molecule has 130 valence electrons. The van der Waals surface area contributed by atoms with Crippen molar-refractivity contribution in [2.45, 2.75) is 66.1 Å². The average Bonchev–Trinajstić information content (AvgIpc) is 2.89. The topological polar surface area (TPSA) is 66.8 Å². The number of nitrogens with one attached hydrogen (secondary N) is 1. The summed E-state index contributed by atoms with van der Waals surface area (Å²) in [5.41, 5.74) is 4.29. The van der Waals surface area contributed by atoms with E-state index in [1.165, 1.54) is 11.3 Å². The summed E-state index contributed by atoms with van der Waals surface area (Å²) in [5.74, 6) is 1.04. The van der Waals surface area contributed by atoms with Crippen LogP contribution < -0.4 is 5.56 Å². The molecule has 1 aliphatic heterocycles. The van der Waals surface area contributed by atoms with E-state index in [4.69, 9.17) is 0 Å². The fourth-order valence-corrected chi connectivity index (χ4v) is 3.23. The predicted molar refractivity (Wildman–Crippen MR) is 94.0 cm³/mol. The van der Waals surface area contributed by atoms with E-state index in [0.717, 1.165) is 49.6 Å². The monoisotopic (exact) mass is 329 g/mol. The number of fused-ring (bicyclic) bond motifs is 1. The minimum Gasteiger partial charge on any atom is -0.310 e. The highest BCUT2D eigenvalue weighted by Gasteiger charge is 2.22. The summed E-state index contributed by atoms with van der Waals surface area (Å²) in [6.07, 6.45) is 3.88. The molecule has 6 nitrogen and oxygen atoms in total. The van der Waals surface area contributed by atoms with Crippen molar-refractivity contribution in [1.29, 1.82) is 0 Å². The van der Waals surface area contributed by atoms with Crippen LogP contribution >= 0.6 is 0 Å². The van der Waals surface area contributed by atoms with Gasteiger partial charge in [0.05, 0.1) is 17.5 Å². The maximum Gasteiger partial charge on any atom is 0.255 e. The molecule has 0 amide bonds. The Morgan fingerprint density at radius 2 is 2.17 bits per heavy atom. The van der Waals surface area contributed by atoms with E-state index < -0.39 is 0 Å². The molecular weight excluding hydrogens is 302 g/mol. The third-order valence-electron chi connectivity index (χ3n) is 4.75. The van der Waals surface area contributed by atoms with Crippen molar-refractivity contribution in [1.82, 2.24) is 24.6 Å². The first kappa shape index (κ1) is 16.9. The molecule has 0 spiro atoms. The van der Waals surface area contributed by atoms with Gasteiger partial charge in [-0.25, -0.2) is 4.98 Å². The van der Waals surface area contributed by atoms with Crippen molar-refractivity contribution in [2.75, 3.05) is 6.54 Å². The van der Waals surface area contributed by atoms with Crippen LogP contribution in [-0.2, 0) is 26.1 Å².